The molecule has 3 heteroatoms. The molecule has 1 aromatic carbocycles. The Labute approximate surface area is 122 Å². The normalized spacial score (nSPS) is 10.9. The molecule has 3 nitrogen and oxygen atoms in total. The van der Waals surface area contributed by atoms with Crippen molar-refractivity contribution in [3.05, 3.63) is 52.8 Å². The molecule has 0 unspecified atom stereocenters. The molecule has 0 bridgehead atoms. The standard InChI is InChI=1S/C17H25N3/c1-4-16-11-17(5-2)20(19-16)13-15-10-8-7-9-14(15)12-18-6-3/h7-11,18H,4-6,12-13H2,1-3H3. The van der Waals surface area contributed by atoms with E-state index in [0.717, 1.165) is 32.5 Å². The summed E-state index contributed by atoms with van der Waals surface area (Å²) in [6.07, 6.45) is 2.03. The third-order valence-corrected chi connectivity index (χ3v) is 3.64. The van der Waals surface area contributed by atoms with Gasteiger partial charge in [0.25, 0.3) is 0 Å². The first kappa shape index (κ1) is 14.8. The zero-order chi connectivity index (χ0) is 14.4. The van der Waals surface area contributed by atoms with Crippen LogP contribution in [0.3, 0.4) is 0 Å². The molecule has 0 atom stereocenters. The number of benzene rings is 1. The molecular weight excluding hydrogens is 246 g/mol. The Balaban J connectivity index is 2.23. The summed E-state index contributed by atoms with van der Waals surface area (Å²) in [5.41, 5.74) is 5.23. The van der Waals surface area contributed by atoms with Gasteiger partial charge in [-0.05, 0) is 36.6 Å². The van der Waals surface area contributed by atoms with E-state index < -0.39 is 0 Å². The fourth-order valence-corrected chi connectivity index (χ4v) is 2.41. The predicted molar refractivity (Wildman–Crippen MR) is 83.9 cm³/mol. The molecule has 0 aliphatic carbocycles. The quantitative estimate of drug-likeness (QED) is 0.838. The molecule has 0 saturated carbocycles. The number of rotatable bonds is 7. The largest absolute Gasteiger partial charge is 0.313 e. The smallest absolute Gasteiger partial charge is 0.0665 e. The van der Waals surface area contributed by atoms with E-state index in [1.807, 2.05) is 0 Å². The maximum Gasteiger partial charge on any atom is 0.0665 e. The Hall–Kier alpha value is -1.61. The van der Waals surface area contributed by atoms with Gasteiger partial charge in [0.15, 0.2) is 0 Å². The lowest BCUT2D eigenvalue weighted by atomic mass is 10.1. The Bertz CT molecular complexity index is 543. The molecule has 0 amide bonds. The van der Waals surface area contributed by atoms with Gasteiger partial charge in [-0.15, -0.1) is 0 Å². The van der Waals surface area contributed by atoms with Crippen molar-refractivity contribution in [3.8, 4) is 0 Å². The lowest BCUT2D eigenvalue weighted by molar-refractivity contribution is 0.630. The maximum atomic E-state index is 4.71. The summed E-state index contributed by atoms with van der Waals surface area (Å²) in [6.45, 7) is 9.28. The van der Waals surface area contributed by atoms with Crippen LogP contribution in [-0.2, 0) is 25.9 Å². The molecule has 0 fully saturated rings. The highest BCUT2D eigenvalue weighted by Crippen LogP contribution is 2.14. The molecule has 108 valence electrons. The third kappa shape index (κ3) is 3.48. The average Bonchev–Trinajstić information content (AvgIpc) is 2.88. The molecule has 0 aliphatic rings. The van der Waals surface area contributed by atoms with Gasteiger partial charge >= 0.3 is 0 Å². The highest BCUT2D eigenvalue weighted by atomic mass is 15.3. The summed E-state index contributed by atoms with van der Waals surface area (Å²) < 4.78 is 2.16. The van der Waals surface area contributed by atoms with E-state index in [1.54, 1.807) is 0 Å². The second kappa shape index (κ2) is 7.25. The maximum absolute atomic E-state index is 4.71. The molecule has 20 heavy (non-hydrogen) atoms. The van der Waals surface area contributed by atoms with Crippen LogP contribution in [-0.4, -0.2) is 16.3 Å². The summed E-state index contributed by atoms with van der Waals surface area (Å²) in [6, 6.07) is 10.9. The van der Waals surface area contributed by atoms with Crippen molar-refractivity contribution in [2.24, 2.45) is 0 Å². The van der Waals surface area contributed by atoms with Crippen LogP contribution in [0.1, 0.15) is 43.3 Å². The molecule has 0 radical (unpaired) electrons. The van der Waals surface area contributed by atoms with Crippen molar-refractivity contribution in [2.75, 3.05) is 6.54 Å². The Morgan fingerprint density at radius 1 is 1.05 bits per heavy atom. The van der Waals surface area contributed by atoms with E-state index >= 15 is 0 Å². The van der Waals surface area contributed by atoms with Crippen LogP contribution >= 0.6 is 0 Å². The van der Waals surface area contributed by atoms with Crippen LogP contribution in [0.15, 0.2) is 30.3 Å². The van der Waals surface area contributed by atoms with Gasteiger partial charge in [-0.2, -0.15) is 5.10 Å². The van der Waals surface area contributed by atoms with Gasteiger partial charge in [0.2, 0.25) is 0 Å². The number of hydrogen-bond acceptors (Lipinski definition) is 2. The van der Waals surface area contributed by atoms with Crippen molar-refractivity contribution < 1.29 is 0 Å². The zero-order valence-electron chi connectivity index (χ0n) is 12.8. The summed E-state index contributed by atoms with van der Waals surface area (Å²) >= 11 is 0. The fraction of sp³-hybridized carbons (Fsp3) is 0.471. The molecular formula is C17H25N3. The molecule has 1 heterocycles. The molecule has 2 aromatic rings. The summed E-state index contributed by atoms with van der Waals surface area (Å²) in [7, 11) is 0. The van der Waals surface area contributed by atoms with Gasteiger partial charge in [0, 0.05) is 12.2 Å². The second-order valence-corrected chi connectivity index (χ2v) is 5.04. The van der Waals surface area contributed by atoms with Gasteiger partial charge in [-0.3, -0.25) is 4.68 Å². The number of nitrogens with zero attached hydrogens (tertiary/aromatic N) is 2. The Kier molecular flexibility index (Phi) is 5.36. The summed E-state index contributed by atoms with van der Waals surface area (Å²) in [5.74, 6) is 0. The van der Waals surface area contributed by atoms with Crippen LogP contribution in [0.5, 0.6) is 0 Å². The fourth-order valence-electron chi connectivity index (χ4n) is 2.41. The van der Waals surface area contributed by atoms with Crippen LogP contribution < -0.4 is 5.32 Å². The highest BCUT2D eigenvalue weighted by molar-refractivity contribution is 5.28. The monoisotopic (exact) mass is 271 g/mol. The van der Waals surface area contributed by atoms with Crippen LogP contribution in [0.2, 0.25) is 0 Å². The minimum absolute atomic E-state index is 0.866. The minimum Gasteiger partial charge on any atom is -0.313 e. The van der Waals surface area contributed by atoms with Crippen LogP contribution in [0, 0.1) is 0 Å². The first-order valence-corrected chi connectivity index (χ1v) is 7.61. The molecule has 1 N–H and O–H groups in total. The topological polar surface area (TPSA) is 29.9 Å². The molecule has 2 rings (SSSR count). The van der Waals surface area contributed by atoms with E-state index in [4.69, 9.17) is 5.10 Å². The lowest BCUT2D eigenvalue weighted by Crippen LogP contribution is -2.15. The zero-order valence-corrected chi connectivity index (χ0v) is 12.8. The van der Waals surface area contributed by atoms with Crippen molar-refractivity contribution in [3.63, 3.8) is 0 Å². The van der Waals surface area contributed by atoms with Crippen molar-refractivity contribution >= 4 is 0 Å². The highest BCUT2D eigenvalue weighted by Gasteiger charge is 2.08. The van der Waals surface area contributed by atoms with E-state index in [2.05, 4.69) is 61.1 Å². The number of aromatic nitrogens is 2. The van der Waals surface area contributed by atoms with E-state index in [0.29, 0.717) is 0 Å². The molecule has 1 aromatic heterocycles. The van der Waals surface area contributed by atoms with Crippen LogP contribution in [0.25, 0.3) is 0 Å². The van der Waals surface area contributed by atoms with Gasteiger partial charge in [-0.25, -0.2) is 0 Å². The number of hydrogen-bond donors (Lipinski definition) is 1. The average molecular weight is 271 g/mol. The second-order valence-electron chi connectivity index (χ2n) is 5.04. The predicted octanol–water partition coefficient (Wildman–Crippen LogP) is 3.17. The van der Waals surface area contributed by atoms with E-state index in [1.165, 1.54) is 22.5 Å². The minimum atomic E-state index is 0.866. The van der Waals surface area contributed by atoms with Gasteiger partial charge in [0.1, 0.15) is 0 Å². The van der Waals surface area contributed by atoms with Crippen LogP contribution in [0.4, 0.5) is 0 Å². The SMILES string of the molecule is CCNCc1ccccc1Cn1nc(CC)cc1CC. The Morgan fingerprint density at radius 2 is 1.80 bits per heavy atom. The molecule has 0 aliphatic heterocycles. The lowest BCUT2D eigenvalue weighted by Gasteiger charge is -2.11. The summed E-state index contributed by atoms with van der Waals surface area (Å²) in [5, 5.41) is 8.12. The Morgan fingerprint density at radius 3 is 2.45 bits per heavy atom. The van der Waals surface area contributed by atoms with Crippen molar-refractivity contribution in [1.29, 1.82) is 0 Å². The van der Waals surface area contributed by atoms with Crippen molar-refractivity contribution in [2.45, 2.75) is 46.7 Å². The van der Waals surface area contributed by atoms with E-state index in [9.17, 15) is 0 Å². The summed E-state index contributed by atoms with van der Waals surface area (Å²) in [4.78, 5) is 0. The first-order valence-electron chi connectivity index (χ1n) is 7.61. The van der Waals surface area contributed by atoms with Gasteiger partial charge < -0.3 is 5.32 Å². The molecule has 0 spiro atoms. The van der Waals surface area contributed by atoms with E-state index in [-0.39, 0.29) is 0 Å². The number of nitrogens with one attached hydrogen (secondary N) is 1. The van der Waals surface area contributed by atoms with Crippen molar-refractivity contribution in [1.82, 2.24) is 15.1 Å². The third-order valence-electron chi connectivity index (χ3n) is 3.64. The van der Waals surface area contributed by atoms with Gasteiger partial charge in [-0.1, -0.05) is 45.0 Å². The van der Waals surface area contributed by atoms with Gasteiger partial charge in [0.05, 0.1) is 12.2 Å². The first-order chi connectivity index (χ1) is 9.78. The number of aryl methyl sites for hydroxylation is 2. The molecule has 0 saturated heterocycles.